The van der Waals surface area contributed by atoms with Crippen LogP contribution in [-0.2, 0) is 4.79 Å². The molecule has 0 spiro atoms. The highest BCUT2D eigenvalue weighted by atomic mass is 32.1. The van der Waals surface area contributed by atoms with Gasteiger partial charge >= 0.3 is 0 Å². The summed E-state index contributed by atoms with van der Waals surface area (Å²) >= 11 is 1.69. The van der Waals surface area contributed by atoms with E-state index in [-0.39, 0.29) is 18.0 Å². The van der Waals surface area contributed by atoms with Gasteiger partial charge in [-0.15, -0.1) is 11.3 Å². The number of amides is 1. The first kappa shape index (κ1) is 17.4. The average molecular weight is 350 g/mol. The minimum Gasteiger partial charge on any atom is -0.325 e. The van der Waals surface area contributed by atoms with Crippen molar-refractivity contribution >= 4 is 22.9 Å². The van der Waals surface area contributed by atoms with Crippen LogP contribution in [0.25, 0.3) is 0 Å². The molecule has 4 heteroatoms. The predicted octanol–water partition coefficient (Wildman–Crippen LogP) is 4.76. The average Bonchev–Trinajstić information content (AvgIpc) is 3.16. The van der Waals surface area contributed by atoms with Crippen LogP contribution in [0, 0.1) is 6.92 Å². The number of rotatable bonds is 6. The zero-order valence-electron chi connectivity index (χ0n) is 14.4. The lowest BCUT2D eigenvalue weighted by molar-refractivity contribution is -0.117. The molecule has 1 heterocycles. The van der Waals surface area contributed by atoms with Crippen molar-refractivity contribution in [3.63, 3.8) is 0 Å². The molecule has 0 aliphatic carbocycles. The Morgan fingerprint density at radius 3 is 2.32 bits per heavy atom. The number of aryl methyl sites for hydroxylation is 1. The molecule has 2 aromatic carbocycles. The standard InChI is InChI=1S/C21H22N2OS/c1-15-10-12-18(13-11-15)23-21(24)16(2)22-20(19-9-6-14-25-19)17-7-4-3-5-8-17/h3-14,16,20,22H,1-2H3,(H,23,24)/t16-,20-/m1/s1. The summed E-state index contributed by atoms with van der Waals surface area (Å²) in [5.41, 5.74) is 3.14. The lowest BCUT2D eigenvalue weighted by atomic mass is 10.0. The fourth-order valence-corrected chi connectivity index (χ4v) is 3.47. The number of nitrogens with one attached hydrogen (secondary N) is 2. The number of benzene rings is 2. The van der Waals surface area contributed by atoms with Crippen molar-refractivity contribution in [3.8, 4) is 0 Å². The van der Waals surface area contributed by atoms with Gasteiger partial charge < -0.3 is 5.32 Å². The maximum atomic E-state index is 12.6. The molecule has 3 rings (SSSR count). The molecule has 0 unspecified atom stereocenters. The van der Waals surface area contributed by atoms with Crippen LogP contribution in [0.2, 0.25) is 0 Å². The van der Waals surface area contributed by atoms with Crippen molar-refractivity contribution < 1.29 is 4.79 Å². The third-order valence-corrected chi connectivity index (χ3v) is 5.03. The first-order chi connectivity index (χ1) is 12.1. The highest BCUT2D eigenvalue weighted by molar-refractivity contribution is 7.10. The molecule has 0 saturated carbocycles. The van der Waals surface area contributed by atoms with Gasteiger partial charge in [-0.25, -0.2) is 0 Å². The highest BCUT2D eigenvalue weighted by Crippen LogP contribution is 2.26. The molecule has 0 radical (unpaired) electrons. The Kier molecular flexibility index (Phi) is 5.64. The summed E-state index contributed by atoms with van der Waals surface area (Å²) < 4.78 is 0. The molecule has 3 aromatic rings. The first-order valence-corrected chi connectivity index (χ1v) is 9.23. The van der Waals surface area contributed by atoms with Crippen LogP contribution in [0.15, 0.2) is 72.1 Å². The van der Waals surface area contributed by atoms with E-state index in [0.717, 1.165) is 11.3 Å². The molecule has 0 fully saturated rings. The molecule has 0 aliphatic rings. The summed E-state index contributed by atoms with van der Waals surface area (Å²) in [6.45, 7) is 3.92. The Morgan fingerprint density at radius 2 is 1.68 bits per heavy atom. The molecule has 2 N–H and O–H groups in total. The molecule has 0 saturated heterocycles. The van der Waals surface area contributed by atoms with Gasteiger partial charge in [0.05, 0.1) is 12.1 Å². The van der Waals surface area contributed by atoms with Crippen LogP contribution in [-0.4, -0.2) is 11.9 Å². The quantitative estimate of drug-likeness (QED) is 0.673. The van der Waals surface area contributed by atoms with Crippen molar-refractivity contribution in [3.05, 3.63) is 88.1 Å². The Morgan fingerprint density at radius 1 is 0.960 bits per heavy atom. The Hall–Kier alpha value is -2.43. The lowest BCUT2D eigenvalue weighted by Crippen LogP contribution is -2.40. The number of anilines is 1. The van der Waals surface area contributed by atoms with E-state index in [4.69, 9.17) is 0 Å². The van der Waals surface area contributed by atoms with Crippen LogP contribution >= 0.6 is 11.3 Å². The monoisotopic (exact) mass is 350 g/mol. The number of carbonyl (C=O) groups is 1. The van der Waals surface area contributed by atoms with E-state index in [0.29, 0.717) is 0 Å². The van der Waals surface area contributed by atoms with Gasteiger partial charge in [-0.3, -0.25) is 10.1 Å². The SMILES string of the molecule is Cc1ccc(NC(=O)[C@@H](C)N[C@H](c2ccccc2)c2cccs2)cc1. The van der Waals surface area contributed by atoms with Gasteiger partial charge in [0.2, 0.25) is 5.91 Å². The predicted molar refractivity (Wildman–Crippen MR) is 105 cm³/mol. The number of hydrogen-bond donors (Lipinski definition) is 2. The fourth-order valence-electron chi connectivity index (χ4n) is 2.66. The fraction of sp³-hybridized carbons (Fsp3) is 0.190. The number of hydrogen-bond acceptors (Lipinski definition) is 3. The third kappa shape index (κ3) is 4.56. The Labute approximate surface area is 152 Å². The zero-order chi connectivity index (χ0) is 17.6. The second-order valence-corrected chi connectivity index (χ2v) is 7.08. The van der Waals surface area contributed by atoms with Gasteiger partial charge in [0.1, 0.15) is 0 Å². The van der Waals surface area contributed by atoms with Gasteiger partial charge in [0.25, 0.3) is 0 Å². The Balaban J connectivity index is 1.72. The maximum Gasteiger partial charge on any atom is 0.241 e. The minimum absolute atomic E-state index is 0.0000298. The summed E-state index contributed by atoms with van der Waals surface area (Å²) in [6, 6.07) is 21.9. The van der Waals surface area contributed by atoms with E-state index in [2.05, 4.69) is 34.2 Å². The largest absolute Gasteiger partial charge is 0.325 e. The second-order valence-electron chi connectivity index (χ2n) is 6.10. The first-order valence-electron chi connectivity index (χ1n) is 8.35. The maximum absolute atomic E-state index is 12.6. The molecule has 1 aromatic heterocycles. The minimum atomic E-state index is -0.325. The molecular formula is C21H22N2OS. The van der Waals surface area contributed by atoms with Crippen LogP contribution in [0.5, 0.6) is 0 Å². The van der Waals surface area contributed by atoms with E-state index < -0.39 is 0 Å². The van der Waals surface area contributed by atoms with E-state index in [9.17, 15) is 4.79 Å². The third-order valence-electron chi connectivity index (χ3n) is 4.09. The summed E-state index contributed by atoms with van der Waals surface area (Å²) in [4.78, 5) is 13.8. The molecule has 0 aliphatic heterocycles. The van der Waals surface area contributed by atoms with E-state index in [1.807, 2.05) is 62.4 Å². The van der Waals surface area contributed by atoms with Crippen molar-refractivity contribution in [2.75, 3.05) is 5.32 Å². The molecule has 0 bridgehead atoms. The van der Waals surface area contributed by atoms with E-state index >= 15 is 0 Å². The summed E-state index contributed by atoms with van der Waals surface area (Å²) in [7, 11) is 0. The van der Waals surface area contributed by atoms with Crippen LogP contribution in [0.1, 0.15) is 29.0 Å². The highest BCUT2D eigenvalue weighted by Gasteiger charge is 2.21. The summed E-state index contributed by atoms with van der Waals surface area (Å²) in [6.07, 6.45) is 0. The van der Waals surface area contributed by atoms with Crippen LogP contribution in [0.3, 0.4) is 0 Å². The van der Waals surface area contributed by atoms with Crippen molar-refractivity contribution in [2.24, 2.45) is 0 Å². The zero-order valence-corrected chi connectivity index (χ0v) is 15.2. The summed E-state index contributed by atoms with van der Waals surface area (Å²) in [5.74, 6) is -0.0404. The molecule has 1 amide bonds. The smallest absolute Gasteiger partial charge is 0.241 e. The van der Waals surface area contributed by atoms with Gasteiger partial charge in [0.15, 0.2) is 0 Å². The number of thiophene rings is 1. The van der Waals surface area contributed by atoms with E-state index in [1.54, 1.807) is 11.3 Å². The Bertz CT molecular complexity index is 798. The molecule has 128 valence electrons. The van der Waals surface area contributed by atoms with Crippen molar-refractivity contribution in [2.45, 2.75) is 25.9 Å². The second kappa shape index (κ2) is 8.10. The topological polar surface area (TPSA) is 41.1 Å². The van der Waals surface area contributed by atoms with Crippen molar-refractivity contribution in [1.29, 1.82) is 0 Å². The van der Waals surface area contributed by atoms with E-state index in [1.165, 1.54) is 10.4 Å². The van der Waals surface area contributed by atoms with Gasteiger partial charge in [-0.05, 0) is 43.0 Å². The van der Waals surface area contributed by atoms with Crippen LogP contribution in [0.4, 0.5) is 5.69 Å². The molecule has 2 atom stereocenters. The molecule has 3 nitrogen and oxygen atoms in total. The lowest BCUT2D eigenvalue weighted by Gasteiger charge is -2.22. The molecular weight excluding hydrogens is 328 g/mol. The van der Waals surface area contributed by atoms with Crippen molar-refractivity contribution in [1.82, 2.24) is 5.32 Å². The van der Waals surface area contributed by atoms with Gasteiger partial charge in [-0.1, -0.05) is 54.1 Å². The van der Waals surface area contributed by atoms with Gasteiger partial charge in [-0.2, -0.15) is 0 Å². The van der Waals surface area contributed by atoms with Gasteiger partial charge in [0, 0.05) is 10.6 Å². The molecule has 25 heavy (non-hydrogen) atoms. The summed E-state index contributed by atoms with van der Waals surface area (Å²) in [5, 5.41) is 8.50. The normalized spacial score (nSPS) is 13.2. The van der Waals surface area contributed by atoms with Crippen LogP contribution < -0.4 is 10.6 Å². The number of carbonyl (C=O) groups excluding carboxylic acids is 1.